The van der Waals surface area contributed by atoms with Gasteiger partial charge in [-0.2, -0.15) is 0 Å². The number of carbonyl (C=O) groups excluding carboxylic acids is 5. The molecule has 0 saturated carbocycles. The van der Waals surface area contributed by atoms with Crippen molar-refractivity contribution in [3.63, 3.8) is 0 Å². The van der Waals surface area contributed by atoms with E-state index in [1.54, 1.807) is 103 Å². The van der Waals surface area contributed by atoms with Gasteiger partial charge in [0.2, 0.25) is 12.4 Å². The van der Waals surface area contributed by atoms with Crippen molar-refractivity contribution in [2.75, 3.05) is 6.61 Å². The number of esters is 5. The van der Waals surface area contributed by atoms with Gasteiger partial charge < -0.3 is 28.4 Å². The lowest BCUT2D eigenvalue weighted by Crippen LogP contribution is -2.63. The van der Waals surface area contributed by atoms with Crippen LogP contribution in [0.3, 0.4) is 0 Å². The fourth-order valence-corrected chi connectivity index (χ4v) is 5.37. The van der Waals surface area contributed by atoms with Crippen LogP contribution in [-0.4, -0.2) is 67.2 Å². The quantitative estimate of drug-likeness (QED) is 0.117. The fraction of sp³-hybridized carbons (Fsp3) is 0.146. The molecule has 11 heteroatoms. The molecule has 1 aliphatic rings. The Bertz CT molecular complexity index is 1970. The third-order valence-corrected chi connectivity index (χ3v) is 7.97. The second-order valence-electron chi connectivity index (χ2n) is 11.5. The average Bonchev–Trinajstić information content (AvgIpc) is 3.20. The van der Waals surface area contributed by atoms with Crippen molar-refractivity contribution in [1.29, 1.82) is 0 Å². The van der Waals surface area contributed by atoms with Gasteiger partial charge in [-0.15, -0.1) is 0 Å². The molecule has 0 aromatic heterocycles. The fourth-order valence-electron chi connectivity index (χ4n) is 5.37. The molecule has 0 bridgehead atoms. The highest BCUT2D eigenvalue weighted by atomic mass is 16.7. The highest BCUT2D eigenvalue weighted by Gasteiger charge is 2.54. The molecule has 262 valence electrons. The van der Waals surface area contributed by atoms with Crippen molar-refractivity contribution in [2.24, 2.45) is 0 Å². The Labute approximate surface area is 298 Å². The highest BCUT2D eigenvalue weighted by molar-refractivity contribution is 5.92. The molecule has 5 aromatic carbocycles. The number of rotatable bonds is 11. The Balaban J connectivity index is 1.41. The molecular formula is C41H32O11. The summed E-state index contributed by atoms with van der Waals surface area (Å²) in [6.07, 6.45) is -8.07. The van der Waals surface area contributed by atoms with E-state index < -0.39 is 67.2 Å². The zero-order chi connectivity index (χ0) is 36.3. The summed E-state index contributed by atoms with van der Waals surface area (Å²) in [7, 11) is 0. The largest absolute Gasteiger partial charge is 0.459 e. The van der Waals surface area contributed by atoms with Gasteiger partial charge in [-0.25, -0.2) is 24.0 Å². The van der Waals surface area contributed by atoms with E-state index in [0.29, 0.717) is 0 Å². The molecule has 1 aliphatic heterocycles. The van der Waals surface area contributed by atoms with Gasteiger partial charge in [0.1, 0.15) is 12.7 Å². The summed E-state index contributed by atoms with van der Waals surface area (Å²) in [6, 6.07) is 40.0. The van der Waals surface area contributed by atoms with Crippen LogP contribution in [0.5, 0.6) is 0 Å². The van der Waals surface area contributed by atoms with E-state index in [-0.39, 0.29) is 27.8 Å². The average molecular weight is 701 g/mol. The van der Waals surface area contributed by atoms with Crippen LogP contribution in [-0.2, 0) is 28.4 Å². The van der Waals surface area contributed by atoms with Gasteiger partial charge in [0.15, 0.2) is 12.2 Å². The lowest BCUT2D eigenvalue weighted by molar-refractivity contribution is -0.282. The molecule has 0 N–H and O–H groups in total. The van der Waals surface area contributed by atoms with Gasteiger partial charge in [-0.3, -0.25) is 0 Å². The van der Waals surface area contributed by atoms with Crippen molar-refractivity contribution in [1.82, 2.24) is 0 Å². The number of ether oxygens (including phenoxy) is 6. The minimum Gasteiger partial charge on any atom is -0.459 e. The Hall–Kier alpha value is -6.59. The topological polar surface area (TPSA) is 141 Å². The third kappa shape index (κ3) is 8.76. The second kappa shape index (κ2) is 16.9. The van der Waals surface area contributed by atoms with Crippen LogP contribution in [0.1, 0.15) is 51.8 Å². The van der Waals surface area contributed by atoms with Crippen molar-refractivity contribution >= 4 is 29.8 Å². The van der Waals surface area contributed by atoms with Crippen molar-refractivity contribution < 1.29 is 52.4 Å². The lowest BCUT2D eigenvalue weighted by Gasteiger charge is -2.43. The number of hydrogen-bond donors (Lipinski definition) is 0. The third-order valence-electron chi connectivity index (χ3n) is 7.97. The monoisotopic (exact) mass is 700 g/mol. The van der Waals surface area contributed by atoms with Gasteiger partial charge in [0, 0.05) is 0 Å². The van der Waals surface area contributed by atoms with Crippen LogP contribution in [0, 0.1) is 0 Å². The van der Waals surface area contributed by atoms with E-state index in [2.05, 4.69) is 0 Å². The molecule has 1 saturated heterocycles. The molecular weight excluding hydrogens is 668 g/mol. The normalized spacial score (nSPS) is 19.3. The van der Waals surface area contributed by atoms with E-state index in [1.807, 2.05) is 0 Å². The Morgan fingerprint density at radius 2 is 0.692 bits per heavy atom. The zero-order valence-corrected chi connectivity index (χ0v) is 27.5. The predicted octanol–water partition coefficient (Wildman–Crippen LogP) is 6.10. The van der Waals surface area contributed by atoms with Crippen LogP contribution < -0.4 is 0 Å². The molecule has 0 amide bonds. The number of benzene rings is 5. The summed E-state index contributed by atoms with van der Waals surface area (Å²) >= 11 is 0. The van der Waals surface area contributed by atoms with Crippen molar-refractivity contribution in [3.05, 3.63) is 179 Å². The van der Waals surface area contributed by atoms with E-state index in [9.17, 15) is 24.0 Å². The van der Waals surface area contributed by atoms with E-state index in [1.165, 1.54) is 48.5 Å². The maximum absolute atomic E-state index is 13.7. The van der Waals surface area contributed by atoms with Crippen molar-refractivity contribution in [2.45, 2.75) is 30.7 Å². The molecule has 5 atom stereocenters. The minimum absolute atomic E-state index is 0.125. The van der Waals surface area contributed by atoms with Crippen molar-refractivity contribution in [3.8, 4) is 0 Å². The van der Waals surface area contributed by atoms with Crippen LogP contribution in [0.4, 0.5) is 0 Å². The predicted molar refractivity (Wildman–Crippen MR) is 184 cm³/mol. The summed E-state index contributed by atoms with van der Waals surface area (Å²) in [5.74, 6) is -4.19. The molecule has 0 spiro atoms. The molecule has 5 aromatic rings. The van der Waals surface area contributed by atoms with Gasteiger partial charge >= 0.3 is 29.8 Å². The second-order valence-corrected chi connectivity index (χ2v) is 11.5. The van der Waals surface area contributed by atoms with E-state index in [0.717, 1.165) is 0 Å². The van der Waals surface area contributed by atoms with Crippen LogP contribution in [0.2, 0.25) is 0 Å². The van der Waals surface area contributed by atoms with E-state index >= 15 is 0 Å². The van der Waals surface area contributed by atoms with E-state index in [4.69, 9.17) is 28.4 Å². The van der Waals surface area contributed by atoms with Gasteiger partial charge in [-0.05, 0) is 60.7 Å². The minimum atomic E-state index is -1.75. The van der Waals surface area contributed by atoms with Crippen LogP contribution in [0.25, 0.3) is 0 Å². The molecule has 6 rings (SSSR count). The zero-order valence-electron chi connectivity index (χ0n) is 27.5. The number of hydrogen-bond acceptors (Lipinski definition) is 11. The summed E-state index contributed by atoms with van der Waals surface area (Å²) < 4.78 is 35.5. The first-order valence-corrected chi connectivity index (χ1v) is 16.3. The Morgan fingerprint density at radius 1 is 0.385 bits per heavy atom. The van der Waals surface area contributed by atoms with Crippen LogP contribution in [0.15, 0.2) is 152 Å². The first kappa shape index (κ1) is 35.2. The number of carbonyl (C=O) groups is 5. The molecule has 1 fully saturated rings. The maximum Gasteiger partial charge on any atom is 0.340 e. The maximum atomic E-state index is 13.7. The smallest absolute Gasteiger partial charge is 0.340 e. The Kier molecular flexibility index (Phi) is 11.4. The summed E-state index contributed by atoms with van der Waals surface area (Å²) in [6.45, 7) is -0.557. The molecule has 11 nitrogen and oxygen atoms in total. The molecule has 1 heterocycles. The molecule has 3 unspecified atom stereocenters. The first-order valence-electron chi connectivity index (χ1n) is 16.3. The summed E-state index contributed by atoms with van der Waals surface area (Å²) in [5, 5.41) is 0. The molecule has 0 radical (unpaired) electrons. The molecule has 52 heavy (non-hydrogen) atoms. The first-order chi connectivity index (χ1) is 25.4. The van der Waals surface area contributed by atoms with Gasteiger partial charge in [0.05, 0.1) is 27.8 Å². The van der Waals surface area contributed by atoms with Crippen LogP contribution >= 0.6 is 0 Å². The molecule has 0 aliphatic carbocycles. The highest BCUT2D eigenvalue weighted by Crippen LogP contribution is 2.32. The Morgan fingerprint density at radius 3 is 1.08 bits per heavy atom. The van der Waals surface area contributed by atoms with Gasteiger partial charge in [-0.1, -0.05) is 91.0 Å². The van der Waals surface area contributed by atoms with Gasteiger partial charge in [0.25, 0.3) is 0 Å². The lowest BCUT2D eigenvalue weighted by atomic mass is 9.97. The SMILES string of the molecule is O=C(OC[C@H]1OC(OC(=O)c2ccccc2)C(OC(=O)c2ccccc2)C(OC(=O)c2ccccc2)[C@@H]1OC(=O)c1ccccc1)c1ccccc1. The summed E-state index contributed by atoms with van der Waals surface area (Å²) in [5.41, 5.74) is 0.762. The summed E-state index contributed by atoms with van der Waals surface area (Å²) in [4.78, 5) is 67.4. The standard InChI is InChI=1S/C41H32O11/c42-36(27-16-6-1-7-17-27)47-26-32-33(49-37(43)28-18-8-2-9-19-28)34(50-38(44)29-20-10-3-11-21-29)35(51-39(45)30-22-12-4-13-23-30)41(48-32)52-40(46)31-24-14-5-15-25-31/h1-25,32-35,41H,26H2/t32-,33-,34?,35?,41?/m1/s1.